The number of amides is 1. The molecule has 0 bridgehead atoms. The van der Waals surface area contributed by atoms with Crippen LogP contribution >= 0.6 is 0 Å². The zero-order valence-corrected chi connectivity index (χ0v) is 28.0. The molecule has 0 spiro atoms. The van der Waals surface area contributed by atoms with Gasteiger partial charge in [0.25, 0.3) is 5.91 Å². The van der Waals surface area contributed by atoms with Gasteiger partial charge in [0.05, 0.1) is 17.6 Å². The van der Waals surface area contributed by atoms with Gasteiger partial charge in [0, 0.05) is 24.8 Å². The van der Waals surface area contributed by atoms with E-state index in [1.807, 2.05) is 119 Å². The van der Waals surface area contributed by atoms with Crippen molar-refractivity contribution in [3.05, 3.63) is 173 Å². The molecule has 6 aromatic rings. The standard InChI is InChI=1S/C42H41N3O3/c1-29(2)42(48,35-22-24-36-31(25-35)21-23-37(38(36)27-46)40(47)44(5)30(3)4)39-26-45(28-43-39)41(32-15-9-6-10-16-32,33-17-11-7-12-18-33)34-19-13-8-14-20-34/h6-30,48H,1-5H3. The van der Waals surface area contributed by atoms with Gasteiger partial charge in [-0.05, 0) is 64.9 Å². The number of hydrogen-bond donors (Lipinski definition) is 1. The van der Waals surface area contributed by atoms with Crippen LogP contribution in [0.15, 0.2) is 134 Å². The fraction of sp³-hybridized carbons (Fsp3) is 0.214. The van der Waals surface area contributed by atoms with Crippen molar-refractivity contribution in [2.45, 2.75) is 44.9 Å². The molecule has 0 aliphatic heterocycles. The fourth-order valence-electron chi connectivity index (χ4n) is 6.79. The van der Waals surface area contributed by atoms with Gasteiger partial charge in [0.2, 0.25) is 0 Å². The lowest BCUT2D eigenvalue weighted by Crippen LogP contribution is -2.37. The first-order chi connectivity index (χ1) is 23.1. The van der Waals surface area contributed by atoms with Crippen LogP contribution in [-0.2, 0) is 11.1 Å². The fourth-order valence-corrected chi connectivity index (χ4v) is 6.79. The monoisotopic (exact) mass is 635 g/mol. The summed E-state index contributed by atoms with van der Waals surface area (Å²) in [7, 11) is 1.73. The average molecular weight is 636 g/mol. The number of aromatic nitrogens is 2. The van der Waals surface area contributed by atoms with Crippen LogP contribution in [0.2, 0.25) is 0 Å². The summed E-state index contributed by atoms with van der Waals surface area (Å²) in [4.78, 5) is 32.1. The highest BCUT2D eigenvalue weighted by molar-refractivity contribution is 6.10. The van der Waals surface area contributed by atoms with E-state index in [4.69, 9.17) is 4.98 Å². The van der Waals surface area contributed by atoms with Crippen molar-refractivity contribution in [3.8, 4) is 0 Å². The van der Waals surface area contributed by atoms with E-state index < -0.39 is 11.1 Å². The number of benzene rings is 5. The van der Waals surface area contributed by atoms with E-state index in [9.17, 15) is 14.7 Å². The van der Waals surface area contributed by atoms with Crippen molar-refractivity contribution in [1.82, 2.24) is 14.5 Å². The Kier molecular flexibility index (Phi) is 8.87. The highest BCUT2D eigenvalue weighted by Crippen LogP contribution is 2.43. The van der Waals surface area contributed by atoms with Gasteiger partial charge in [-0.2, -0.15) is 0 Å². The first kappa shape index (κ1) is 32.6. The number of aldehydes is 1. The third-order valence-corrected chi connectivity index (χ3v) is 9.72. The molecule has 1 amide bonds. The van der Waals surface area contributed by atoms with E-state index in [1.54, 1.807) is 18.0 Å². The smallest absolute Gasteiger partial charge is 0.254 e. The predicted octanol–water partition coefficient (Wildman–Crippen LogP) is 8.06. The largest absolute Gasteiger partial charge is 0.378 e. The molecule has 1 unspecified atom stereocenters. The number of imidazole rings is 1. The summed E-state index contributed by atoms with van der Waals surface area (Å²) in [6.07, 6.45) is 4.51. The molecule has 6 nitrogen and oxygen atoms in total. The molecule has 5 aromatic carbocycles. The van der Waals surface area contributed by atoms with Crippen molar-refractivity contribution in [1.29, 1.82) is 0 Å². The maximum absolute atomic E-state index is 13.2. The van der Waals surface area contributed by atoms with E-state index in [2.05, 4.69) is 41.0 Å². The Morgan fingerprint density at radius 2 is 1.31 bits per heavy atom. The third-order valence-electron chi connectivity index (χ3n) is 9.72. The van der Waals surface area contributed by atoms with Gasteiger partial charge >= 0.3 is 0 Å². The van der Waals surface area contributed by atoms with E-state index in [1.165, 1.54) is 0 Å². The van der Waals surface area contributed by atoms with Crippen molar-refractivity contribution < 1.29 is 14.7 Å². The van der Waals surface area contributed by atoms with Crippen LogP contribution in [-0.4, -0.2) is 44.8 Å². The molecular weight excluding hydrogens is 594 g/mol. The molecule has 0 saturated carbocycles. The van der Waals surface area contributed by atoms with Crippen LogP contribution in [0.5, 0.6) is 0 Å². The highest BCUT2D eigenvalue weighted by Gasteiger charge is 2.42. The summed E-state index contributed by atoms with van der Waals surface area (Å²) in [6, 6.07) is 40.1. The topological polar surface area (TPSA) is 75.4 Å². The Balaban J connectivity index is 1.53. The summed E-state index contributed by atoms with van der Waals surface area (Å²) in [6.45, 7) is 7.82. The first-order valence-corrected chi connectivity index (χ1v) is 16.4. The summed E-state index contributed by atoms with van der Waals surface area (Å²) in [5.74, 6) is -0.468. The van der Waals surface area contributed by atoms with Crippen LogP contribution in [0.25, 0.3) is 10.8 Å². The number of nitrogens with zero attached hydrogens (tertiary/aromatic N) is 3. The molecule has 0 aliphatic carbocycles. The SMILES string of the molecule is CC(C)N(C)C(=O)c1ccc2cc(C(O)(c3cn(C(c4ccccc4)(c4ccccc4)c4ccccc4)cn3)C(C)C)ccc2c1C=O. The lowest BCUT2D eigenvalue weighted by Gasteiger charge is -2.37. The van der Waals surface area contributed by atoms with E-state index in [0.717, 1.165) is 28.4 Å². The Labute approximate surface area is 282 Å². The highest BCUT2D eigenvalue weighted by atomic mass is 16.3. The molecule has 242 valence electrons. The Hall–Kier alpha value is -5.33. The summed E-state index contributed by atoms with van der Waals surface area (Å²) < 4.78 is 2.10. The van der Waals surface area contributed by atoms with Crippen LogP contribution < -0.4 is 0 Å². The molecule has 1 atom stereocenters. The second kappa shape index (κ2) is 13.1. The lowest BCUT2D eigenvalue weighted by molar-refractivity contribution is 0.0279. The van der Waals surface area contributed by atoms with Crippen LogP contribution in [0.1, 0.15) is 76.4 Å². The molecule has 1 aromatic heterocycles. The van der Waals surface area contributed by atoms with E-state index >= 15 is 0 Å². The molecule has 1 N–H and O–H groups in total. The molecule has 0 saturated heterocycles. The second-order valence-electron chi connectivity index (χ2n) is 13.0. The maximum atomic E-state index is 13.2. The number of rotatable bonds is 10. The second-order valence-corrected chi connectivity index (χ2v) is 13.0. The molecule has 6 heteroatoms. The number of aliphatic hydroxyl groups is 1. The summed E-state index contributed by atoms with van der Waals surface area (Å²) in [5, 5.41) is 14.1. The van der Waals surface area contributed by atoms with E-state index in [-0.39, 0.29) is 17.9 Å². The number of hydrogen-bond acceptors (Lipinski definition) is 4. The van der Waals surface area contributed by atoms with Gasteiger partial charge in [0.15, 0.2) is 6.29 Å². The summed E-state index contributed by atoms with van der Waals surface area (Å²) >= 11 is 0. The minimum atomic E-state index is -1.47. The van der Waals surface area contributed by atoms with Crippen LogP contribution in [0.3, 0.4) is 0 Å². The molecule has 1 heterocycles. The van der Waals surface area contributed by atoms with Crippen LogP contribution in [0, 0.1) is 5.92 Å². The van der Waals surface area contributed by atoms with Gasteiger partial charge in [0.1, 0.15) is 11.1 Å². The van der Waals surface area contributed by atoms with Crippen molar-refractivity contribution >= 4 is 23.0 Å². The van der Waals surface area contributed by atoms with Gasteiger partial charge in [-0.25, -0.2) is 4.98 Å². The minimum absolute atomic E-state index is 0.0136. The zero-order chi connectivity index (χ0) is 34.1. The maximum Gasteiger partial charge on any atom is 0.254 e. The molecule has 48 heavy (non-hydrogen) atoms. The minimum Gasteiger partial charge on any atom is -0.378 e. The average Bonchev–Trinajstić information content (AvgIpc) is 3.62. The Morgan fingerprint density at radius 1 is 0.771 bits per heavy atom. The number of fused-ring (bicyclic) bond motifs is 1. The quantitative estimate of drug-likeness (QED) is 0.122. The van der Waals surface area contributed by atoms with Gasteiger partial charge in [-0.1, -0.05) is 123 Å². The third kappa shape index (κ3) is 5.32. The van der Waals surface area contributed by atoms with Crippen molar-refractivity contribution in [3.63, 3.8) is 0 Å². The summed E-state index contributed by atoms with van der Waals surface area (Å²) in [5.41, 5.74) is 2.77. The molecule has 0 fully saturated rings. The molecule has 0 radical (unpaired) electrons. The number of carbonyl (C=O) groups is 2. The van der Waals surface area contributed by atoms with Gasteiger partial charge < -0.3 is 14.6 Å². The van der Waals surface area contributed by atoms with E-state index in [0.29, 0.717) is 27.8 Å². The van der Waals surface area contributed by atoms with Gasteiger partial charge in [-0.15, -0.1) is 0 Å². The van der Waals surface area contributed by atoms with Crippen molar-refractivity contribution in [2.24, 2.45) is 5.92 Å². The normalized spacial score (nSPS) is 13.1. The first-order valence-electron chi connectivity index (χ1n) is 16.4. The van der Waals surface area contributed by atoms with Crippen molar-refractivity contribution in [2.75, 3.05) is 7.05 Å². The molecular formula is C42H41N3O3. The molecule has 0 aliphatic rings. The van der Waals surface area contributed by atoms with Gasteiger partial charge in [-0.3, -0.25) is 9.59 Å². The predicted molar refractivity (Wildman–Crippen MR) is 191 cm³/mol. The lowest BCUT2D eigenvalue weighted by atomic mass is 9.76. The zero-order valence-electron chi connectivity index (χ0n) is 28.0. The Bertz CT molecular complexity index is 1960. The Morgan fingerprint density at radius 3 is 1.79 bits per heavy atom. The number of carbonyl (C=O) groups excluding carboxylic acids is 2. The molecule has 6 rings (SSSR count). The van der Waals surface area contributed by atoms with Crippen LogP contribution in [0.4, 0.5) is 0 Å².